The smallest absolute Gasteiger partial charge is 0.417 e. The van der Waals surface area contributed by atoms with E-state index in [1.165, 1.54) is 24.3 Å². The quantitative estimate of drug-likeness (QED) is 0.523. The Balaban J connectivity index is 1.63. The molecule has 1 heterocycles. The average Bonchev–Trinajstić information content (AvgIpc) is 3.22. The van der Waals surface area contributed by atoms with Gasteiger partial charge in [-0.2, -0.15) is 26.3 Å². The van der Waals surface area contributed by atoms with Gasteiger partial charge in [0.15, 0.2) is 0 Å². The van der Waals surface area contributed by atoms with Crippen LogP contribution >= 0.6 is 0 Å². The molecule has 2 atom stereocenters. The molecule has 13 heteroatoms. The molecular weight excluding hydrogens is 488 g/mol. The van der Waals surface area contributed by atoms with Crippen LogP contribution in [0.1, 0.15) is 35.2 Å². The third-order valence-corrected chi connectivity index (χ3v) is 7.41. The second-order valence-corrected chi connectivity index (χ2v) is 10.9. The number of nitrogens with one attached hydrogen (secondary N) is 2. The lowest BCUT2D eigenvalue weighted by Crippen LogP contribution is -2.42. The van der Waals surface area contributed by atoms with E-state index in [1.54, 1.807) is 0 Å². The molecule has 2 bridgehead atoms. The number of hydrogen-bond donors (Lipinski definition) is 2. The number of nitrogens with zero attached hydrogens (tertiary/aromatic N) is 1. The van der Waals surface area contributed by atoms with Crippen molar-refractivity contribution in [1.29, 1.82) is 4.78 Å². The molecule has 0 spiro atoms. The number of anilines is 1. The van der Waals surface area contributed by atoms with Gasteiger partial charge in [0.05, 0.1) is 20.7 Å². The van der Waals surface area contributed by atoms with Crippen LogP contribution in [0.2, 0.25) is 0 Å². The first-order valence-corrected chi connectivity index (χ1v) is 12.0. The van der Waals surface area contributed by atoms with Gasteiger partial charge in [-0.1, -0.05) is 6.07 Å². The van der Waals surface area contributed by atoms with Gasteiger partial charge in [0, 0.05) is 23.0 Å². The maximum absolute atomic E-state index is 13.4. The van der Waals surface area contributed by atoms with E-state index in [4.69, 9.17) is 9.52 Å². The minimum absolute atomic E-state index is 0.0619. The number of hydrogen-bond acceptors (Lipinski definition) is 5. The fourth-order valence-corrected chi connectivity index (χ4v) is 5.12. The predicted molar refractivity (Wildman–Crippen MR) is 109 cm³/mol. The highest BCUT2D eigenvalue weighted by Gasteiger charge is 2.69. The zero-order valence-electron chi connectivity index (χ0n) is 17.6. The summed E-state index contributed by atoms with van der Waals surface area (Å²) in [4.78, 5) is 16.6. The number of alkyl halides is 6. The van der Waals surface area contributed by atoms with Gasteiger partial charge in [-0.05, 0) is 49.4 Å². The Hall–Kier alpha value is -2.83. The van der Waals surface area contributed by atoms with E-state index in [0.717, 1.165) is 6.26 Å². The lowest BCUT2D eigenvalue weighted by molar-refractivity contribution is -0.244. The maximum atomic E-state index is 13.4. The number of fused-ring (bicyclic) bond motifs is 1. The molecule has 0 aliphatic heterocycles. The van der Waals surface area contributed by atoms with Gasteiger partial charge in [-0.3, -0.25) is 4.79 Å². The number of benzene rings is 1. The first-order chi connectivity index (χ1) is 15.6. The van der Waals surface area contributed by atoms with Crippen molar-refractivity contribution in [1.82, 2.24) is 4.98 Å². The highest BCUT2D eigenvalue weighted by molar-refractivity contribution is 7.91. The molecular formula is C21H19F6N3O3S. The number of aromatic nitrogens is 1. The van der Waals surface area contributed by atoms with Crippen LogP contribution < -0.4 is 10.1 Å². The minimum atomic E-state index is -4.82. The fourth-order valence-electron chi connectivity index (χ4n) is 4.43. The van der Waals surface area contributed by atoms with Gasteiger partial charge >= 0.3 is 12.4 Å². The zero-order valence-corrected chi connectivity index (χ0v) is 18.4. The molecule has 2 N–H and O–H groups in total. The summed E-state index contributed by atoms with van der Waals surface area (Å²) in [6.45, 7) is 0. The molecule has 3 aliphatic carbocycles. The normalized spacial score (nSPS) is 25.9. The van der Waals surface area contributed by atoms with Crippen molar-refractivity contribution in [2.45, 2.75) is 42.6 Å². The Labute approximate surface area is 190 Å². The van der Waals surface area contributed by atoms with E-state index in [-0.39, 0.29) is 29.8 Å². The monoisotopic (exact) mass is 507 g/mol. The molecule has 1 aromatic carbocycles. The highest BCUT2D eigenvalue weighted by Crippen LogP contribution is 2.66. The topological polar surface area (TPSA) is 92.1 Å². The lowest BCUT2D eigenvalue weighted by Gasteiger charge is -2.39. The largest absolute Gasteiger partial charge is 0.473 e. The SMILES string of the molecule is CS(=N)(=O)c1cccc(NC(=O)c2cc(C(F)(F)F)cnc2O[C@H]2CC3(C(F)(F)F)CC2C3)c1. The Kier molecular flexibility index (Phi) is 5.61. The molecule has 3 fully saturated rings. The maximum Gasteiger partial charge on any atom is 0.417 e. The predicted octanol–water partition coefficient (Wildman–Crippen LogP) is 5.50. The summed E-state index contributed by atoms with van der Waals surface area (Å²) >= 11 is 0. The van der Waals surface area contributed by atoms with Crippen LogP contribution in [0.4, 0.5) is 32.0 Å². The van der Waals surface area contributed by atoms with Crippen molar-refractivity contribution < 1.29 is 40.1 Å². The molecule has 1 unspecified atom stereocenters. The average molecular weight is 507 g/mol. The van der Waals surface area contributed by atoms with Crippen LogP contribution in [0.3, 0.4) is 0 Å². The van der Waals surface area contributed by atoms with Crippen molar-refractivity contribution in [2.24, 2.45) is 11.3 Å². The Morgan fingerprint density at radius 2 is 1.85 bits per heavy atom. The van der Waals surface area contributed by atoms with Crippen molar-refractivity contribution in [2.75, 3.05) is 11.6 Å². The summed E-state index contributed by atoms with van der Waals surface area (Å²) in [6.07, 6.45) is -9.20. The Morgan fingerprint density at radius 1 is 1.18 bits per heavy atom. The van der Waals surface area contributed by atoms with Crippen molar-refractivity contribution in [3.8, 4) is 5.88 Å². The van der Waals surface area contributed by atoms with E-state index in [2.05, 4.69) is 10.3 Å². The van der Waals surface area contributed by atoms with E-state index in [0.29, 0.717) is 12.3 Å². The van der Waals surface area contributed by atoms with Gasteiger partial charge < -0.3 is 10.1 Å². The second kappa shape index (κ2) is 7.85. The number of pyridine rings is 1. The number of amides is 1. The summed E-state index contributed by atoms with van der Waals surface area (Å²) in [7, 11) is -3.12. The standard InChI is InChI=1S/C21H19F6N3O3S/c1-34(28,32)14-4-2-3-13(6-14)30-17(31)15-5-12(20(22,23)24)10-29-18(15)33-16-9-19(21(25,26)27)7-11(16)8-19/h2-6,10-11,16,28H,7-9H2,1H3,(H,30,31)/t11?,16-,19?,34?/m0/s1. The van der Waals surface area contributed by atoms with E-state index >= 15 is 0 Å². The number of carbonyl (C=O) groups is 1. The van der Waals surface area contributed by atoms with Crippen LogP contribution in [-0.2, 0) is 15.9 Å². The summed E-state index contributed by atoms with van der Waals surface area (Å²) in [5.74, 6) is -1.99. The molecule has 1 amide bonds. The van der Waals surface area contributed by atoms with Crippen LogP contribution in [0.15, 0.2) is 41.4 Å². The molecule has 0 saturated heterocycles. The molecule has 1 aromatic heterocycles. The van der Waals surface area contributed by atoms with E-state index in [9.17, 15) is 35.3 Å². The second-order valence-electron chi connectivity index (χ2n) is 8.71. The van der Waals surface area contributed by atoms with Crippen molar-refractivity contribution in [3.63, 3.8) is 0 Å². The molecule has 3 aliphatic rings. The van der Waals surface area contributed by atoms with Crippen LogP contribution in [-0.4, -0.2) is 33.6 Å². The molecule has 34 heavy (non-hydrogen) atoms. The highest BCUT2D eigenvalue weighted by atomic mass is 32.2. The van der Waals surface area contributed by atoms with Crippen molar-refractivity contribution in [3.05, 3.63) is 47.7 Å². The summed E-state index contributed by atoms with van der Waals surface area (Å²) in [6, 6.07) is 5.95. The zero-order chi connectivity index (χ0) is 25.1. The molecule has 184 valence electrons. The molecule has 5 rings (SSSR count). The van der Waals surface area contributed by atoms with E-state index in [1.807, 2.05) is 0 Å². The van der Waals surface area contributed by atoms with Gasteiger partial charge in [0.2, 0.25) is 5.88 Å². The van der Waals surface area contributed by atoms with Crippen molar-refractivity contribution >= 4 is 21.3 Å². The summed E-state index contributed by atoms with van der Waals surface area (Å²) in [5.41, 5.74) is -3.65. The van der Waals surface area contributed by atoms with Gasteiger partial charge in [0.1, 0.15) is 11.7 Å². The van der Waals surface area contributed by atoms with Crippen LogP contribution in [0.25, 0.3) is 0 Å². The molecule has 0 radical (unpaired) electrons. The number of ether oxygens (including phenoxy) is 1. The van der Waals surface area contributed by atoms with Gasteiger partial charge in [0.25, 0.3) is 5.91 Å². The summed E-state index contributed by atoms with van der Waals surface area (Å²) < 4.78 is 105. The third-order valence-electron chi connectivity index (χ3n) is 6.25. The van der Waals surface area contributed by atoms with Gasteiger partial charge in [-0.25, -0.2) is 14.0 Å². The lowest BCUT2D eigenvalue weighted by atomic mass is 9.69. The fraction of sp³-hybridized carbons (Fsp3) is 0.429. The third kappa shape index (κ3) is 4.44. The number of carbonyl (C=O) groups excluding carboxylic acids is 1. The van der Waals surface area contributed by atoms with Crippen LogP contribution in [0, 0.1) is 16.1 Å². The first kappa shape index (κ1) is 24.3. The Bertz CT molecular complexity index is 1240. The number of halogens is 6. The summed E-state index contributed by atoms with van der Waals surface area (Å²) in [5, 5.41) is 2.35. The molecule has 3 saturated carbocycles. The first-order valence-electron chi connectivity index (χ1n) is 10.0. The number of rotatable bonds is 5. The molecule has 6 nitrogen and oxygen atoms in total. The van der Waals surface area contributed by atoms with E-state index < -0.39 is 62.4 Å². The van der Waals surface area contributed by atoms with Gasteiger partial charge in [-0.15, -0.1) is 0 Å². The molecule has 2 aromatic rings. The minimum Gasteiger partial charge on any atom is -0.473 e. The van der Waals surface area contributed by atoms with Crippen LogP contribution in [0.5, 0.6) is 5.88 Å². The Morgan fingerprint density at radius 3 is 2.41 bits per heavy atom.